The highest BCUT2D eigenvalue weighted by Crippen LogP contribution is 2.27. The zero-order valence-electron chi connectivity index (χ0n) is 10.8. The van der Waals surface area contributed by atoms with Crippen LogP contribution >= 0.6 is 0 Å². The van der Waals surface area contributed by atoms with Crippen molar-refractivity contribution < 1.29 is 9.34 Å². The topological polar surface area (TPSA) is 71.5 Å². The van der Waals surface area contributed by atoms with Crippen LogP contribution in [0.1, 0.15) is 5.76 Å². The zero-order valence-corrected chi connectivity index (χ0v) is 10.8. The second-order valence-corrected chi connectivity index (χ2v) is 4.18. The fraction of sp³-hybridized carbons (Fsp3) is 0.231. The predicted molar refractivity (Wildman–Crippen MR) is 73.5 cm³/mol. The fourth-order valence-electron chi connectivity index (χ4n) is 1.79. The van der Waals surface area contributed by atoms with E-state index in [0.29, 0.717) is 12.2 Å². The van der Waals surface area contributed by atoms with E-state index in [-0.39, 0.29) is 5.69 Å². The lowest BCUT2D eigenvalue weighted by Gasteiger charge is -2.18. The number of benzene rings is 1. The average molecular weight is 261 g/mol. The molecule has 0 aliphatic rings. The first kappa shape index (κ1) is 12.9. The largest absolute Gasteiger partial charge is 0.467 e. The molecule has 1 aromatic carbocycles. The van der Waals surface area contributed by atoms with Gasteiger partial charge < -0.3 is 14.6 Å². The van der Waals surface area contributed by atoms with E-state index >= 15 is 0 Å². The highest BCUT2D eigenvalue weighted by atomic mass is 16.6. The number of non-ortho nitro benzene ring substituents is 1. The molecule has 2 rings (SSSR count). The van der Waals surface area contributed by atoms with Gasteiger partial charge in [0.05, 0.1) is 17.7 Å². The van der Waals surface area contributed by atoms with Crippen LogP contribution in [0.15, 0.2) is 41.0 Å². The summed E-state index contributed by atoms with van der Waals surface area (Å²) >= 11 is 0. The normalized spacial score (nSPS) is 10.2. The van der Waals surface area contributed by atoms with E-state index in [1.807, 2.05) is 30.1 Å². The van der Waals surface area contributed by atoms with Gasteiger partial charge in [-0.15, -0.1) is 0 Å². The molecular formula is C13H15N3O3. The van der Waals surface area contributed by atoms with Gasteiger partial charge in [0.15, 0.2) is 0 Å². The molecule has 0 bridgehead atoms. The second kappa shape index (κ2) is 5.43. The van der Waals surface area contributed by atoms with Gasteiger partial charge in [0.2, 0.25) is 0 Å². The first-order valence-corrected chi connectivity index (χ1v) is 5.81. The fourth-order valence-corrected chi connectivity index (χ4v) is 1.79. The van der Waals surface area contributed by atoms with Gasteiger partial charge in [-0.1, -0.05) is 0 Å². The molecule has 6 nitrogen and oxygen atoms in total. The molecule has 0 atom stereocenters. The van der Waals surface area contributed by atoms with Gasteiger partial charge in [0.1, 0.15) is 5.76 Å². The highest BCUT2D eigenvalue weighted by Gasteiger charge is 2.12. The Morgan fingerprint density at radius 1 is 1.42 bits per heavy atom. The maximum Gasteiger partial charge on any atom is 0.273 e. The highest BCUT2D eigenvalue weighted by molar-refractivity contribution is 5.64. The van der Waals surface area contributed by atoms with Crippen molar-refractivity contribution in [3.05, 3.63) is 52.5 Å². The summed E-state index contributed by atoms with van der Waals surface area (Å²) in [6.45, 7) is 0.553. The van der Waals surface area contributed by atoms with Crippen LogP contribution in [0, 0.1) is 10.1 Å². The Kier molecular flexibility index (Phi) is 3.70. The van der Waals surface area contributed by atoms with E-state index in [0.717, 1.165) is 11.4 Å². The van der Waals surface area contributed by atoms with Crippen LogP contribution in [0.4, 0.5) is 17.1 Å². The molecule has 0 unspecified atom stereocenters. The maximum absolute atomic E-state index is 10.9. The van der Waals surface area contributed by atoms with Crippen LogP contribution in [-0.4, -0.2) is 19.0 Å². The Labute approximate surface area is 110 Å². The van der Waals surface area contributed by atoms with Crippen molar-refractivity contribution >= 4 is 17.1 Å². The quantitative estimate of drug-likeness (QED) is 0.662. The zero-order chi connectivity index (χ0) is 13.8. The molecule has 1 N–H and O–H groups in total. The van der Waals surface area contributed by atoms with Crippen molar-refractivity contribution in [3.8, 4) is 0 Å². The van der Waals surface area contributed by atoms with Gasteiger partial charge in [-0.3, -0.25) is 10.1 Å². The van der Waals surface area contributed by atoms with Crippen molar-refractivity contribution in [2.24, 2.45) is 0 Å². The summed E-state index contributed by atoms with van der Waals surface area (Å²) in [5.74, 6) is 0.806. The summed E-state index contributed by atoms with van der Waals surface area (Å²) in [7, 11) is 3.59. The Balaban J connectivity index is 2.27. The minimum Gasteiger partial charge on any atom is -0.467 e. The lowest BCUT2D eigenvalue weighted by molar-refractivity contribution is -0.384. The van der Waals surface area contributed by atoms with Crippen molar-refractivity contribution in [1.29, 1.82) is 0 Å². The molecule has 0 aliphatic heterocycles. The summed E-state index contributed by atoms with van der Waals surface area (Å²) < 4.78 is 5.27. The van der Waals surface area contributed by atoms with E-state index in [9.17, 15) is 10.1 Å². The van der Waals surface area contributed by atoms with Gasteiger partial charge in [-0.2, -0.15) is 0 Å². The Morgan fingerprint density at radius 3 is 2.79 bits per heavy atom. The van der Waals surface area contributed by atoms with Crippen LogP contribution in [0.3, 0.4) is 0 Å². The van der Waals surface area contributed by atoms with Gasteiger partial charge in [-0.25, -0.2) is 0 Å². The molecular weight excluding hydrogens is 246 g/mol. The number of hydrogen-bond acceptors (Lipinski definition) is 5. The first-order valence-electron chi connectivity index (χ1n) is 5.81. The smallest absolute Gasteiger partial charge is 0.273 e. The number of nitrogens with one attached hydrogen (secondary N) is 1. The molecule has 0 fully saturated rings. The summed E-state index contributed by atoms with van der Waals surface area (Å²) in [6, 6.07) is 8.59. The van der Waals surface area contributed by atoms with Gasteiger partial charge >= 0.3 is 0 Å². The molecule has 0 aliphatic carbocycles. The summed E-state index contributed by atoms with van der Waals surface area (Å²) in [5.41, 5.74) is 1.53. The van der Waals surface area contributed by atoms with E-state index in [1.165, 1.54) is 6.07 Å². The molecule has 100 valence electrons. The van der Waals surface area contributed by atoms with E-state index in [2.05, 4.69) is 5.32 Å². The predicted octanol–water partition coefficient (Wildman–Crippen LogP) is 2.87. The summed E-state index contributed by atoms with van der Waals surface area (Å²) in [5, 5.41) is 13.8. The minimum atomic E-state index is -0.398. The van der Waals surface area contributed by atoms with Crippen LogP contribution < -0.4 is 10.2 Å². The number of hydrogen-bond donors (Lipinski definition) is 1. The maximum atomic E-state index is 10.9. The van der Waals surface area contributed by atoms with E-state index in [1.54, 1.807) is 19.4 Å². The number of nitrogens with zero attached hydrogens (tertiary/aromatic N) is 2. The van der Waals surface area contributed by atoms with Gasteiger partial charge in [0.25, 0.3) is 5.69 Å². The third kappa shape index (κ3) is 3.04. The third-order valence-corrected chi connectivity index (χ3v) is 2.82. The number of nitro groups is 1. The van der Waals surface area contributed by atoms with Gasteiger partial charge in [0, 0.05) is 37.6 Å². The van der Waals surface area contributed by atoms with Crippen LogP contribution in [0.2, 0.25) is 0 Å². The number of rotatable bonds is 5. The van der Waals surface area contributed by atoms with Gasteiger partial charge in [-0.05, 0) is 18.2 Å². The van der Waals surface area contributed by atoms with Crippen LogP contribution in [0.5, 0.6) is 0 Å². The molecule has 1 heterocycles. The monoisotopic (exact) mass is 261 g/mol. The van der Waals surface area contributed by atoms with Crippen molar-refractivity contribution in [3.63, 3.8) is 0 Å². The Morgan fingerprint density at radius 2 is 2.21 bits per heavy atom. The summed E-state index contributed by atoms with van der Waals surface area (Å²) in [4.78, 5) is 12.4. The number of anilines is 2. The number of nitro benzene ring substituents is 1. The lowest BCUT2D eigenvalue weighted by atomic mass is 10.2. The van der Waals surface area contributed by atoms with Crippen molar-refractivity contribution in [1.82, 2.24) is 0 Å². The van der Waals surface area contributed by atoms with E-state index in [4.69, 9.17) is 4.42 Å². The van der Waals surface area contributed by atoms with Crippen molar-refractivity contribution in [2.45, 2.75) is 6.54 Å². The molecule has 2 aromatic rings. The molecule has 19 heavy (non-hydrogen) atoms. The standard InChI is InChI=1S/C13H15N3O3/c1-14-10-6-11(8-12(7-10)16(17)18)15(2)9-13-4-3-5-19-13/h3-8,14H,9H2,1-2H3. The Hall–Kier alpha value is -2.50. The third-order valence-electron chi connectivity index (χ3n) is 2.82. The molecule has 1 aromatic heterocycles. The van der Waals surface area contributed by atoms with Crippen molar-refractivity contribution in [2.75, 3.05) is 24.3 Å². The molecule has 0 radical (unpaired) electrons. The average Bonchev–Trinajstić information content (AvgIpc) is 2.90. The molecule has 0 saturated heterocycles. The molecule has 0 spiro atoms. The first-order chi connectivity index (χ1) is 9.10. The SMILES string of the molecule is CNc1cc(N(C)Cc2ccco2)cc([N+](=O)[O-])c1. The molecule has 0 saturated carbocycles. The number of furan rings is 1. The molecule has 0 amide bonds. The molecule has 6 heteroatoms. The lowest BCUT2D eigenvalue weighted by Crippen LogP contribution is -2.16. The van der Waals surface area contributed by atoms with E-state index < -0.39 is 4.92 Å². The van der Waals surface area contributed by atoms with Crippen LogP contribution in [-0.2, 0) is 6.54 Å². The minimum absolute atomic E-state index is 0.0631. The van der Waals surface area contributed by atoms with Crippen LogP contribution in [0.25, 0.3) is 0 Å². The summed E-state index contributed by atoms with van der Waals surface area (Å²) in [6.07, 6.45) is 1.61. The second-order valence-electron chi connectivity index (χ2n) is 4.18. The Bertz CT molecular complexity index is 567.